The predicted molar refractivity (Wildman–Crippen MR) is 31.4 cm³/mol. The smallest absolute Gasteiger partial charge is 0.0967 e. The summed E-state index contributed by atoms with van der Waals surface area (Å²) in [6.07, 6.45) is 0. The molecule has 0 aromatic heterocycles. The number of oxime groups is 1. The van der Waals surface area contributed by atoms with Crippen molar-refractivity contribution in [3.63, 3.8) is 0 Å². The maximum absolute atomic E-state index is 9.63. The molecule has 0 atom stereocenters. The van der Waals surface area contributed by atoms with Crippen LogP contribution in [0.15, 0.2) is 10.3 Å². The third-order valence-electron chi connectivity index (χ3n) is 0.811. The summed E-state index contributed by atoms with van der Waals surface area (Å²) in [7, 11) is 0. The van der Waals surface area contributed by atoms with Gasteiger partial charge in [-0.15, -0.1) is 0 Å². The molecule has 5 heteroatoms. The molecule has 0 amide bonds. The standard InChI is InChI=1S/C4H8N2O2.Co/c1-3(5-7)4(2)6-8;/h7-8H,1-2H3;/p-1. The molecule has 0 aliphatic carbocycles. The van der Waals surface area contributed by atoms with Crippen LogP contribution in [0.25, 0.3) is 0 Å². The van der Waals surface area contributed by atoms with Crippen LogP contribution in [0.2, 0.25) is 0 Å². The Morgan fingerprint density at radius 2 is 1.78 bits per heavy atom. The second-order valence-corrected chi connectivity index (χ2v) is 1.36. The molecule has 0 aliphatic rings. The molecule has 0 saturated heterocycles. The minimum atomic E-state index is 0. The van der Waals surface area contributed by atoms with E-state index in [0.717, 1.165) is 0 Å². The van der Waals surface area contributed by atoms with Gasteiger partial charge >= 0.3 is 0 Å². The largest absolute Gasteiger partial charge is 0.792 e. The van der Waals surface area contributed by atoms with Gasteiger partial charge in [0.05, 0.1) is 11.4 Å². The first-order valence-corrected chi connectivity index (χ1v) is 2.08. The van der Waals surface area contributed by atoms with Gasteiger partial charge in [-0.1, -0.05) is 5.16 Å². The topological polar surface area (TPSA) is 68.0 Å². The third kappa shape index (κ3) is 3.98. The molecule has 0 spiro atoms. The molecule has 0 aliphatic heterocycles. The van der Waals surface area contributed by atoms with Crippen LogP contribution in [0.1, 0.15) is 13.8 Å². The molecular formula is C4H7CoN2O2-. The van der Waals surface area contributed by atoms with Crippen LogP contribution in [0.3, 0.4) is 0 Å². The maximum atomic E-state index is 9.63. The Morgan fingerprint density at radius 3 is 1.89 bits per heavy atom. The van der Waals surface area contributed by atoms with E-state index in [2.05, 4.69) is 10.3 Å². The molecule has 0 unspecified atom stereocenters. The van der Waals surface area contributed by atoms with Crippen molar-refractivity contribution in [2.75, 3.05) is 0 Å². The van der Waals surface area contributed by atoms with Gasteiger partial charge in [-0.3, -0.25) is 0 Å². The van der Waals surface area contributed by atoms with Crippen molar-refractivity contribution in [1.82, 2.24) is 0 Å². The van der Waals surface area contributed by atoms with Crippen LogP contribution >= 0.6 is 0 Å². The Kier molecular flexibility index (Phi) is 6.99. The van der Waals surface area contributed by atoms with E-state index in [1.807, 2.05) is 0 Å². The number of hydrogen-bond donors (Lipinski definition) is 1. The summed E-state index contributed by atoms with van der Waals surface area (Å²) in [4.78, 5) is 0. The van der Waals surface area contributed by atoms with E-state index >= 15 is 0 Å². The van der Waals surface area contributed by atoms with Gasteiger partial charge in [-0.2, -0.15) is 0 Å². The minimum Gasteiger partial charge on any atom is -0.792 e. The minimum absolute atomic E-state index is 0. The Bertz CT molecular complexity index is 117. The van der Waals surface area contributed by atoms with Crippen LogP contribution in [0.5, 0.6) is 0 Å². The third-order valence-corrected chi connectivity index (χ3v) is 0.811. The first-order valence-electron chi connectivity index (χ1n) is 2.08. The molecule has 55 valence electrons. The molecule has 0 rings (SSSR count). The summed E-state index contributed by atoms with van der Waals surface area (Å²) in [6.45, 7) is 2.97. The Morgan fingerprint density at radius 1 is 1.33 bits per heavy atom. The van der Waals surface area contributed by atoms with Crippen LogP contribution < -0.4 is 0 Å². The molecular weight excluding hydrogens is 167 g/mol. The number of hydrogen-bond acceptors (Lipinski definition) is 4. The van der Waals surface area contributed by atoms with Crippen LogP contribution in [-0.4, -0.2) is 16.6 Å². The molecule has 4 nitrogen and oxygen atoms in total. The summed E-state index contributed by atoms with van der Waals surface area (Å²) < 4.78 is 0. The summed E-state index contributed by atoms with van der Waals surface area (Å²) in [5.74, 6) is 0. The zero-order chi connectivity index (χ0) is 6.57. The van der Waals surface area contributed by atoms with Crippen molar-refractivity contribution >= 4 is 11.4 Å². The monoisotopic (exact) mass is 174 g/mol. The fraction of sp³-hybridized carbons (Fsp3) is 0.500. The normalized spacial score (nSPS) is 12.7. The van der Waals surface area contributed by atoms with Gasteiger partial charge in [0.15, 0.2) is 0 Å². The summed E-state index contributed by atoms with van der Waals surface area (Å²) in [5, 5.41) is 22.9. The number of nitrogens with zero attached hydrogens (tertiary/aromatic N) is 2. The Balaban J connectivity index is 0. The van der Waals surface area contributed by atoms with Crippen LogP contribution in [-0.2, 0) is 16.8 Å². The molecule has 1 radical (unpaired) electrons. The van der Waals surface area contributed by atoms with Gasteiger partial charge in [0.1, 0.15) is 0 Å². The van der Waals surface area contributed by atoms with E-state index < -0.39 is 0 Å². The molecule has 0 aromatic carbocycles. The molecule has 1 N–H and O–H groups in total. The van der Waals surface area contributed by atoms with Crippen molar-refractivity contribution in [2.45, 2.75) is 13.8 Å². The molecule has 9 heavy (non-hydrogen) atoms. The van der Waals surface area contributed by atoms with Crippen molar-refractivity contribution < 1.29 is 22.0 Å². The zero-order valence-electron chi connectivity index (χ0n) is 5.08. The fourth-order valence-electron chi connectivity index (χ4n) is 0.138. The molecule has 0 fully saturated rings. The van der Waals surface area contributed by atoms with E-state index in [1.54, 1.807) is 0 Å². The van der Waals surface area contributed by atoms with Crippen molar-refractivity contribution in [3.8, 4) is 0 Å². The van der Waals surface area contributed by atoms with Crippen LogP contribution in [0, 0.1) is 5.21 Å². The molecule has 0 heterocycles. The average Bonchev–Trinajstić information content (AvgIpc) is 1.84. The summed E-state index contributed by atoms with van der Waals surface area (Å²) in [5.41, 5.74) is 0.451. The van der Waals surface area contributed by atoms with E-state index in [1.165, 1.54) is 13.8 Å². The number of rotatable bonds is 1. The quantitative estimate of drug-likeness (QED) is 0.362. The van der Waals surface area contributed by atoms with Crippen molar-refractivity contribution in [3.05, 3.63) is 5.21 Å². The van der Waals surface area contributed by atoms with E-state index in [4.69, 9.17) is 5.21 Å². The molecule has 0 bridgehead atoms. The Labute approximate surface area is 63.4 Å². The van der Waals surface area contributed by atoms with E-state index in [0.29, 0.717) is 0 Å². The van der Waals surface area contributed by atoms with Gasteiger partial charge in [0.25, 0.3) is 0 Å². The zero-order valence-corrected chi connectivity index (χ0v) is 6.12. The van der Waals surface area contributed by atoms with Crippen molar-refractivity contribution in [2.24, 2.45) is 10.3 Å². The molecule has 0 aromatic rings. The fourth-order valence-corrected chi connectivity index (χ4v) is 0.138. The molecule has 0 saturated carbocycles. The van der Waals surface area contributed by atoms with Crippen LogP contribution in [0.4, 0.5) is 0 Å². The van der Waals surface area contributed by atoms with Gasteiger partial charge < -0.3 is 15.6 Å². The Hall–Kier alpha value is -0.554. The second kappa shape index (κ2) is 5.58. The average molecular weight is 174 g/mol. The maximum Gasteiger partial charge on any atom is 0.0967 e. The second-order valence-electron chi connectivity index (χ2n) is 1.36. The first kappa shape index (κ1) is 11.3. The SMILES string of the molecule is CC(=N[O-])C(C)=NO.[Co]. The predicted octanol–water partition coefficient (Wildman–Crippen LogP) is 0.793. The van der Waals surface area contributed by atoms with Gasteiger partial charge in [0, 0.05) is 16.8 Å². The summed E-state index contributed by atoms with van der Waals surface area (Å²) in [6, 6.07) is 0. The van der Waals surface area contributed by atoms with E-state index in [9.17, 15) is 5.21 Å². The summed E-state index contributed by atoms with van der Waals surface area (Å²) >= 11 is 0. The van der Waals surface area contributed by atoms with E-state index in [-0.39, 0.29) is 28.2 Å². The van der Waals surface area contributed by atoms with Crippen molar-refractivity contribution in [1.29, 1.82) is 0 Å². The first-order chi connectivity index (χ1) is 3.72. The van der Waals surface area contributed by atoms with Gasteiger partial charge in [-0.25, -0.2) is 0 Å². The van der Waals surface area contributed by atoms with Gasteiger partial charge in [-0.05, 0) is 13.8 Å². The van der Waals surface area contributed by atoms with Gasteiger partial charge in [0.2, 0.25) is 0 Å².